The molecule has 5 nitrogen and oxygen atoms in total. The minimum atomic E-state index is -0.805. The van der Waals surface area contributed by atoms with E-state index in [2.05, 4.69) is 233 Å². The van der Waals surface area contributed by atoms with Crippen molar-refractivity contribution in [1.29, 1.82) is 0 Å². The van der Waals surface area contributed by atoms with Gasteiger partial charge in [0, 0.05) is 12.8 Å². The summed E-state index contributed by atoms with van der Waals surface area (Å²) in [6.07, 6.45) is 116. The summed E-state index contributed by atoms with van der Waals surface area (Å²) in [7, 11) is 0. The number of aliphatic hydroxyl groups excluding tert-OH is 1. The lowest BCUT2D eigenvalue weighted by molar-refractivity contribution is -0.161. The van der Waals surface area contributed by atoms with E-state index < -0.39 is 6.10 Å². The van der Waals surface area contributed by atoms with Gasteiger partial charge in [-0.1, -0.05) is 297 Å². The number of hydrogen-bond acceptors (Lipinski definition) is 5. The van der Waals surface area contributed by atoms with Gasteiger partial charge in [0.05, 0.1) is 6.61 Å². The van der Waals surface area contributed by atoms with Crippen LogP contribution in [0.4, 0.5) is 0 Å². The number of unbranched alkanes of at least 4 members (excludes halogenated alkanes) is 14. The maximum Gasteiger partial charge on any atom is 0.306 e. The second-order valence-electron chi connectivity index (χ2n) is 21.1. The Morgan fingerprint density at radius 1 is 0.274 bits per heavy atom. The summed E-state index contributed by atoms with van der Waals surface area (Å²) in [6, 6.07) is 0. The highest BCUT2D eigenvalue weighted by Gasteiger charge is 2.16. The van der Waals surface area contributed by atoms with Crippen LogP contribution in [0.1, 0.15) is 245 Å². The zero-order valence-electron chi connectivity index (χ0n) is 53.3. The standard InChI is InChI=1S/C79H120O5/c1-3-5-7-9-11-13-15-17-19-21-23-25-27-29-31-33-35-36-37-38-39-40-41-42-44-46-48-50-52-54-56-58-60-62-64-66-68-70-72-74-79(82)84-77(75-80)76-83-78(81)73-71-69-67-65-63-61-59-57-55-53-51-49-47-45-43-34-32-30-28-26-24-22-20-18-16-14-12-10-8-6-4-2/h5-8,11-14,17-20,23-26,29-32,35-36,38-39,41-43,45-46,48-49,51-52,54,58,60,77,80H,3-4,9-10,15-16,21-22,27-28,33-34,37,40,44,47,50,53,55-57,59,61-76H2,1-2H3/b7-5-,8-6-,13-11-,14-12-,19-17-,20-18-,25-23-,26-24-,31-29-,32-30-,36-35-,39-38-,42-41-,45-43-,48-46-,51-49-,54-52-,60-58-. The van der Waals surface area contributed by atoms with Crippen LogP contribution in [-0.2, 0) is 19.1 Å². The van der Waals surface area contributed by atoms with Crippen molar-refractivity contribution in [3.8, 4) is 0 Å². The Hall–Kier alpha value is -5.78. The van der Waals surface area contributed by atoms with Crippen LogP contribution in [0.15, 0.2) is 219 Å². The monoisotopic (exact) mass is 1150 g/mol. The smallest absolute Gasteiger partial charge is 0.306 e. The van der Waals surface area contributed by atoms with Crippen LogP contribution in [0.5, 0.6) is 0 Å². The minimum Gasteiger partial charge on any atom is -0.462 e. The molecule has 5 heteroatoms. The van der Waals surface area contributed by atoms with Gasteiger partial charge in [-0.2, -0.15) is 0 Å². The average Bonchev–Trinajstić information content (AvgIpc) is 3.51. The summed E-state index contributed by atoms with van der Waals surface area (Å²) < 4.78 is 10.7. The lowest BCUT2D eigenvalue weighted by atomic mass is 10.1. The van der Waals surface area contributed by atoms with E-state index in [-0.39, 0.29) is 25.2 Å². The number of carbonyl (C=O) groups is 2. The Kier molecular flexibility index (Phi) is 66.6. The maximum atomic E-state index is 12.4. The molecule has 0 heterocycles. The molecule has 0 spiro atoms. The van der Waals surface area contributed by atoms with E-state index in [0.717, 1.165) is 180 Å². The van der Waals surface area contributed by atoms with Gasteiger partial charge in [0.15, 0.2) is 6.10 Å². The van der Waals surface area contributed by atoms with E-state index in [1.54, 1.807) is 0 Å². The molecule has 0 aliphatic rings. The topological polar surface area (TPSA) is 72.8 Å². The predicted octanol–water partition coefficient (Wildman–Crippen LogP) is 23.5. The number of hydrogen-bond donors (Lipinski definition) is 1. The van der Waals surface area contributed by atoms with Gasteiger partial charge in [-0.25, -0.2) is 0 Å². The zero-order chi connectivity index (χ0) is 60.5. The van der Waals surface area contributed by atoms with E-state index in [1.165, 1.54) is 38.5 Å². The summed E-state index contributed by atoms with van der Waals surface area (Å²) in [6.45, 7) is 3.88. The first-order valence-corrected chi connectivity index (χ1v) is 33.3. The van der Waals surface area contributed by atoms with E-state index >= 15 is 0 Å². The van der Waals surface area contributed by atoms with E-state index in [0.29, 0.717) is 12.8 Å². The van der Waals surface area contributed by atoms with Crippen molar-refractivity contribution in [2.45, 2.75) is 251 Å². The first-order chi connectivity index (χ1) is 41.6. The molecule has 0 aromatic rings. The van der Waals surface area contributed by atoms with Crippen LogP contribution in [0.2, 0.25) is 0 Å². The molecular formula is C79H120O5. The fourth-order valence-corrected chi connectivity index (χ4v) is 8.36. The van der Waals surface area contributed by atoms with Crippen molar-refractivity contribution in [3.05, 3.63) is 219 Å². The number of esters is 2. The van der Waals surface area contributed by atoms with Crippen LogP contribution < -0.4 is 0 Å². The summed E-state index contributed by atoms with van der Waals surface area (Å²) >= 11 is 0. The third-order valence-corrected chi connectivity index (χ3v) is 13.3. The molecule has 0 radical (unpaired) electrons. The average molecular weight is 1150 g/mol. The van der Waals surface area contributed by atoms with Gasteiger partial charge < -0.3 is 14.6 Å². The number of aliphatic hydroxyl groups is 1. The summed E-state index contributed by atoms with van der Waals surface area (Å²) in [5.74, 6) is -0.636. The maximum absolute atomic E-state index is 12.4. The molecule has 0 aromatic heterocycles. The van der Waals surface area contributed by atoms with Crippen molar-refractivity contribution in [1.82, 2.24) is 0 Å². The second kappa shape index (κ2) is 71.5. The molecule has 0 saturated carbocycles. The fourth-order valence-electron chi connectivity index (χ4n) is 8.36. The van der Waals surface area contributed by atoms with E-state index in [9.17, 15) is 14.7 Å². The normalized spacial score (nSPS) is 13.7. The molecule has 0 aliphatic heterocycles. The lowest BCUT2D eigenvalue weighted by Crippen LogP contribution is -2.28. The molecule has 466 valence electrons. The Morgan fingerprint density at radius 2 is 0.476 bits per heavy atom. The van der Waals surface area contributed by atoms with E-state index in [1.807, 2.05) is 0 Å². The van der Waals surface area contributed by atoms with Crippen LogP contribution in [0, 0.1) is 0 Å². The molecule has 1 unspecified atom stereocenters. The van der Waals surface area contributed by atoms with Gasteiger partial charge in [0.1, 0.15) is 6.61 Å². The first-order valence-electron chi connectivity index (χ1n) is 33.3. The van der Waals surface area contributed by atoms with E-state index in [4.69, 9.17) is 9.47 Å². The number of ether oxygens (including phenoxy) is 2. The molecule has 84 heavy (non-hydrogen) atoms. The quantitative estimate of drug-likeness (QED) is 0.0373. The predicted molar refractivity (Wildman–Crippen MR) is 370 cm³/mol. The molecule has 0 amide bonds. The Bertz CT molecular complexity index is 2030. The molecule has 1 N–H and O–H groups in total. The highest BCUT2D eigenvalue weighted by atomic mass is 16.6. The Morgan fingerprint density at radius 3 is 0.714 bits per heavy atom. The van der Waals surface area contributed by atoms with Crippen molar-refractivity contribution in [3.63, 3.8) is 0 Å². The van der Waals surface area contributed by atoms with Gasteiger partial charge in [-0.15, -0.1) is 0 Å². The van der Waals surface area contributed by atoms with Gasteiger partial charge >= 0.3 is 11.9 Å². The van der Waals surface area contributed by atoms with Crippen LogP contribution in [0.25, 0.3) is 0 Å². The molecule has 0 saturated heterocycles. The Labute approximate surface area is 516 Å². The summed E-state index contributed by atoms with van der Waals surface area (Å²) in [4.78, 5) is 24.6. The van der Waals surface area contributed by atoms with Crippen molar-refractivity contribution in [2.75, 3.05) is 13.2 Å². The largest absolute Gasteiger partial charge is 0.462 e. The highest BCUT2D eigenvalue weighted by Crippen LogP contribution is 2.14. The molecular weight excluding hydrogens is 1030 g/mol. The summed E-state index contributed by atoms with van der Waals surface area (Å²) in [5, 5.41) is 9.69. The van der Waals surface area contributed by atoms with Crippen LogP contribution in [-0.4, -0.2) is 36.4 Å². The fraction of sp³-hybridized carbons (Fsp3) is 0.519. The highest BCUT2D eigenvalue weighted by molar-refractivity contribution is 5.70. The molecule has 0 fully saturated rings. The molecule has 0 aliphatic carbocycles. The SMILES string of the molecule is CC/C=C\C/C=C\C/C=C\C/C=C\C/C=C\C/C=C\C/C=C\C/C=C\C/C=C\C/C=C\C/C=C\CCCCCCCC(=O)OC(CO)COC(=O)CCCCCCCCCCC/C=C\C/C=C\C/C=C\C/C=C\C/C=C\C/C=C\C/C=C\CC. The number of allylic oxidation sites excluding steroid dienone is 36. The second-order valence-corrected chi connectivity index (χ2v) is 21.1. The zero-order valence-corrected chi connectivity index (χ0v) is 53.3. The molecule has 0 aromatic carbocycles. The number of rotatable bonds is 58. The van der Waals surface area contributed by atoms with Crippen molar-refractivity contribution < 1.29 is 24.2 Å². The van der Waals surface area contributed by atoms with Gasteiger partial charge in [0.2, 0.25) is 0 Å². The van der Waals surface area contributed by atoms with Crippen LogP contribution >= 0.6 is 0 Å². The lowest BCUT2D eigenvalue weighted by Gasteiger charge is -2.15. The van der Waals surface area contributed by atoms with Crippen LogP contribution in [0.3, 0.4) is 0 Å². The third kappa shape index (κ3) is 68.7. The minimum absolute atomic E-state index is 0.0920. The first kappa shape index (κ1) is 78.2. The number of carbonyl (C=O) groups excluding carboxylic acids is 2. The van der Waals surface area contributed by atoms with Gasteiger partial charge in [0.25, 0.3) is 0 Å². The Balaban J connectivity index is 3.66. The third-order valence-electron chi connectivity index (χ3n) is 13.3. The summed E-state index contributed by atoms with van der Waals surface area (Å²) in [5.41, 5.74) is 0. The van der Waals surface area contributed by atoms with Crippen molar-refractivity contribution >= 4 is 11.9 Å². The molecule has 0 rings (SSSR count). The van der Waals surface area contributed by atoms with Gasteiger partial charge in [-0.05, 0) is 154 Å². The molecule has 0 bridgehead atoms. The molecule has 1 atom stereocenters. The van der Waals surface area contributed by atoms with Gasteiger partial charge in [-0.3, -0.25) is 9.59 Å². The van der Waals surface area contributed by atoms with Crippen molar-refractivity contribution in [2.24, 2.45) is 0 Å².